The van der Waals surface area contributed by atoms with Crippen LogP contribution in [0.25, 0.3) is 6.08 Å². The zero-order valence-electron chi connectivity index (χ0n) is 11.0. The maximum absolute atomic E-state index is 13.0. The molecule has 0 aromatic heterocycles. The normalized spacial score (nSPS) is 19.2. The lowest BCUT2D eigenvalue weighted by Crippen LogP contribution is -2.47. The van der Waals surface area contributed by atoms with E-state index in [-0.39, 0.29) is 11.7 Å². The van der Waals surface area contributed by atoms with E-state index in [1.807, 2.05) is 0 Å². The van der Waals surface area contributed by atoms with Crippen LogP contribution in [-0.2, 0) is 9.59 Å². The van der Waals surface area contributed by atoms with Gasteiger partial charge in [0.1, 0.15) is 11.9 Å². The van der Waals surface area contributed by atoms with Crippen molar-refractivity contribution >= 4 is 18.0 Å². The molecule has 5 heteroatoms. The summed E-state index contributed by atoms with van der Waals surface area (Å²) in [5, 5.41) is 9.11. The molecular weight excluding hydrogens is 261 g/mol. The predicted molar refractivity (Wildman–Crippen MR) is 72.4 cm³/mol. The Bertz CT molecular complexity index is 542. The fourth-order valence-electron chi connectivity index (χ4n) is 2.33. The number of aliphatic carboxylic acids is 1. The third-order valence-corrected chi connectivity index (χ3v) is 3.34. The number of hydrogen-bond donors (Lipinski definition) is 1. The summed E-state index contributed by atoms with van der Waals surface area (Å²) in [7, 11) is 0. The van der Waals surface area contributed by atoms with Gasteiger partial charge in [-0.3, -0.25) is 4.79 Å². The van der Waals surface area contributed by atoms with E-state index in [1.54, 1.807) is 12.1 Å². The van der Waals surface area contributed by atoms with Gasteiger partial charge in [-0.1, -0.05) is 12.1 Å². The first-order valence-corrected chi connectivity index (χ1v) is 6.55. The van der Waals surface area contributed by atoms with Crippen molar-refractivity contribution in [2.45, 2.75) is 25.3 Å². The van der Waals surface area contributed by atoms with Crippen LogP contribution < -0.4 is 0 Å². The Morgan fingerprint density at radius 3 is 2.85 bits per heavy atom. The van der Waals surface area contributed by atoms with Gasteiger partial charge in [-0.2, -0.15) is 0 Å². The van der Waals surface area contributed by atoms with Crippen molar-refractivity contribution in [1.29, 1.82) is 0 Å². The Labute approximate surface area is 116 Å². The van der Waals surface area contributed by atoms with Gasteiger partial charge in [-0.25, -0.2) is 9.18 Å². The molecule has 1 N–H and O–H groups in total. The number of hydrogen-bond acceptors (Lipinski definition) is 2. The van der Waals surface area contributed by atoms with Gasteiger partial charge >= 0.3 is 5.97 Å². The van der Waals surface area contributed by atoms with E-state index in [0.29, 0.717) is 18.5 Å². The van der Waals surface area contributed by atoms with Gasteiger partial charge in [0, 0.05) is 12.6 Å². The van der Waals surface area contributed by atoms with E-state index in [1.165, 1.54) is 29.2 Å². The molecule has 1 heterocycles. The fourth-order valence-corrected chi connectivity index (χ4v) is 2.33. The van der Waals surface area contributed by atoms with E-state index in [2.05, 4.69) is 0 Å². The van der Waals surface area contributed by atoms with Crippen molar-refractivity contribution in [3.05, 3.63) is 41.7 Å². The molecule has 1 atom stereocenters. The van der Waals surface area contributed by atoms with Gasteiger partial charge < -0.3 is 10.0 Å². The lowest BCUT2D eigenvalue weighted by Gasteiger charge is -2.32. The Morgan fingerprint density at radius 1 is 1.35 bits per heavy atom. The van der Waals surface area contributed by atoms with E-state index >= 15 is 0 Å². The molecule has 1 aromatic rings. The number of carbonyl (C=O) groups excluding carboxylic acids is 1. The summed E-state index contributed by atoms with van der Waals surface area (Å²) in [4.78, 5) is 24.5. The van der Waals surface area contributed by atoms with Crippen molar-refractivity contribution in [3.63, 3.8) is 0 Å². The van der Waals surface area contributed by atoms with Gasteiger partial charge in [0.15, 0.2) is 0 Å². The fraction of sp³-hybridized carbons (Fsp3) is 0.333. The third kappa shape index (κ3) is 3.44. The molecule has 4 nitrogen and oxygen atoms in total. The first-order valence-electron chi connectivity index (χ1n) is 6.55. The van der Waals surface area contributed by atoms with Crippen molar-refractivity contribution in [2.75, 3.05) is 6.54 Å². The lowest BCUT2D eigenvalue weighted by atomic mass is 10.0. The summed E-state index contributed by atoms with van der Waals surface area (Å²) in [5.41, 5.74) is 0.572. The minimum atomic E-state index is -0.975. The second kappa shape index (κ2) is 6.32. The van der Waals surface area contributed by atoms with Gasteiger partial charge in [0.2, 0.25) is 5.91 Å². The van der Waals surface area contributed by atoms with Crippen molar-refractivity contribution in [1.82, 2.24) is 4.90 Å². The molecule has 2 rings (SSSR count). The molecular formula is C15H16FNO3. The van der Waals surface area contributed by atoms with Gasteiger partial charge in [0.05, 0.1) is 0 Å². The standard InChI is InChI=1S/C15H16FNO3/c16-12-5-3-4-11(10-12)7-8-14(18)17-9-2-1-6-13(17)15(19)20/h3-5,7-8,10,13H,1-2,6,9H2,(H,19,20)/b8-7-/t13-/m1/s1. The average molecular weight is 277 g/mol. The smallest absolute Gasteiger partial charge is 0.326 e. The van der Waals surface area contributed by atoms with Crippen molar-refractivity contribution < 1.29 is 19.1 Å². The van der Waals surface area contributed by atoms with E-state index in [0.717, 1.165) is 12.8 Å². The molecule has 20 heavy (non-hydrogen) atoms. The number of amides is 1. The molecule has 1 fully saturated rings. The number of halogens is 1. The van der Waals surface area contributed by atoms with Crippen LogP contribution in [0.3, 0.4) is 0 Å². The molecule has 1 amide bonds. The average Bonchev–Trinajstić information content (AvgIpc) is 2.45. The summed E-state index contributed by atoms with van der Waals surface area (Å²) < 4.78 is 13.0. The Morgan fingerprint density at radius 2 is 2.15 bits per heavy atom. The van der Waals surface area contributed by atoms with Crippen molar-refractivity contribution in [2.24, 2.45) is 0 Å². The molecule has 106 valence electrons. The van der Waals surface area contributed by atoms with Crippen LogP contribution >= 0.6 is 0 Å². The molecule has 0 bridgehead atoms. The molecule has 0 saturated carbocycles. The van der Waals surface area contributed by atoms with Crippen LogP contribution in [0.5, 0.6) is 0 Å². The van der Waals surface area contributed by atoms with Crippen LogP contribution in [0.4, 0.5) is 4.39 Å². The summed E-state index contributed by atoms with van der Waals surface area (Å²) in [6.07, 6.45) is 4.90. The highest BCUT2D eigenvalue weighted by Crippen LogP contribution is 2.18. The van der Waals surface area contributed by atoms with Gasteiger partial charge in [-0.05, 0) is 43.0 Å². The summed E-state index contributed by atoms with van der Waals surface area (Å²) in [6.45, 7) is 0.448. The van der Waals surface area contributed by atoms with E-state index in [4.69, 9.17) is 5.11 Å². The lowest BCUT2D eigenvalue weighted by molar-refractivity contribution is -0.150. The molecule has 1 aliphatic heterocycles. The third-order valence-electron chi connectivity index (χ3n) is 3.34. The van der Waals surface area contributed by atoms with Crippen LogP contribution in [0.15, 0.2) is 30.3 Å². The number of likely N-dealkylation sites (tertiary alicyclic amines) is 1. The molecule has 1 saturated heterocycles. The van der Waals surface area contributed by atoms with Crippen LogP contribution in [0, 0.1) is 5.82 Å². The zero-order chi connectivity index (χ0) is 14.5. The highest BCUT2D eigenvalue weighted by Gasteiger charge is 2.30. The second-order valence-electron chi connectivity index (χ2n) is 4.77. The molecule has 0 aliphatic carbocycles. The SMILES string of the molecule is O=C(O)[C@H]1CCCCN1C(=O)/C=C\c1cccc(F)c1. The second-order valence-corrected chi connectivity index (χ2v) is 4.77. The van der Waals surface area contributed by atoms with Gasteiger partial charge in [0.25, 0.3) is 0 Å². The zero-order valence-corrected chi connectivity index (χ0v) is 11.0. The number of nitrogens with zero attached hydrogens (tertiary/aromatic N) is 1. The van der Waals surface area contributed by atoms with E-state index in [9.17, 15) is 14.0 Å². The number of carboxylic acid groups (broad SMARTS) is 1. The number of benzene rings is 1. The summed E-state index contributed by atoms with van der Waals surface area (Å²) in [5.74, 6) is -1.69. The van der Waals surface area contributed by atoms with E-state index < -0.39 is 12.0 Å². The Balaban J connectivity index is 2.08. The highest BCUT2D eigenvalue weighted by molar-refractivity contribution is 5.94. The molecule has 1 aliphatic rings. The number of piperidine rings is 1. The molecule has 0 radical (unpaired) electrons. The van der Waals surface area contributed by atoms with Crippen LogP contribution in [-0.4, -0.2) is 34.5 Å². The monoisotopic (exact) mass is 277 g/mol. The molecule has 0 unspecified atom stereocenters. The maximum Gasteiger partial charge on any atom is 0.326 e. The van der Waals surface area contributed by atoms with Crippen molar-refractivity contribution in [3.8, 4) is 0 Å². The number of carbonyl (C=O) groups is 2. The number of carboxylic acids is 1. The predicted octanol–water partition coefficient (Wildman–Crippen LogP) is 2.30. The first-order chi connectivity index (χ1) is 9.58. The van der Waals surface area contributed by atoms with Crippen LogP contribution in [0.1, 0.15) is 24.8 Å². The topological polar surface area (TPSA) is 57.6 Å². The first kappa shape index (κ1) is 14.2. The summed E-state index contributed by atoms with van der Waals surface area (Å²) >= 11 is 0. The minimum absolute atomic E-state index is 0.346. The summed E-state index contributed by atoms with van der Waals surface area (Å²) in [6, 6.07) is 5.12. The van der Waals surface area contributed by atoms with Gasteiger partial charge in [-0.15, -0.1) is 0 Å². The molecule has 1 aromatic carbocycles. The number of rotatable bonds is 3. The Kier molecular flexibility index (Phi) is 4.50. The largest absolute Gasteiger partial charge is 0.480 e. The molecule has 0 spiro atoms. The Hall–Kier alpha value is -2.17. The van der Waals surface area contributed by atoms with Crippen LogP contribution in [0.2, 0.25) is 0 Å². The quantitative estimate of drug-likeness (QED) is 0.862. The maximum atomic E-state index is 13.0. The highest BCUT2D eigenvalue weighted by atomic mass is 19.1. The minimum Gasteiger partial charge on any atom is -0.480 e.